The largest absolute Gasteiger partial charge is 1.00 e. The van der Waals surface area contributed by atoms with Crippen molar-refractivity contribution in [3.8, 4) is 0 Å². The predicted molar refractivity (Wildman–Crippen MR) is 153 cm³/mol. The standard InChI is InChI=1S/2C13H15.C7H7.2ClH.H2Si.Zr/c2*1-4-12-10(3)5-6-11-7-9(2)8-13(11)12;1-7-5-3-2-4-6-7;;;;/h2*5-8H,4H2,1-3H3;2-6H,1H2;2*1H;1H2;/q;;;;;;+2/p-2. The van der Waals surface area contributed by atoms with Gasteiger partial charge in [-0.05, 0) is 0 Å². The second-order valence-electron chi connectivity index (χ2n) is 11.0. The van der Waals surface area contributed by atoms with Gasteiger partial charge in [0.25, 0.3) is 0 Å². The molecule has 2 atom stereocenters. The third-order valence-electron chi connectivity index (χ3n) is 8.76. The maximum absolute atomic E-state index is 3.00. The van der Waals surface area contributed by atoms with Crippen LogP contribution in [0.2, 0.25) is 0 Å². The van der Waals surface area contributed by atoms with Gasteiger partial charge >= 0.3 is 219 Å². The van der Waals surface area contributed by atoms with Crippen LogP contribution in [0.15, 0.2) is 65.7 Å². The molecule has 0 bridgehead atoms. The molecule has 0 saturated heterocycles. The molecule has 2 aliphatic carbocycles. The van der Waals surface area contributed by atoms with Crippen LogP contribution in [0, 0.1) is 13.8 Å². The fraction of sp³-hybridized carbons (Fsp3) is 0.333. The minimum absolute atomic E-state index is 0. The Bertz CT molecular complexity index is 1330. The van der Waals surface area contributed by atoms with Gasteiger partial charge in [-0.1, -0.05) is 0 Å². The van der Waals surface area contributed by atoms with Gasteiger partial charge in [0, 0.05) is 0 Å². The van der Waals surface area contributed by atoms with Crippen LogP contribution in [0.25, 0.3) is 12.2 Å². The van der Waals surface area contributed by atoms with Crippen molar-refractivity contribution in [3.05, 3.63) is 116 Å². The molecule has 0 heterocycles. The molecule has 0 nitrogen and oxygen atoms in total. The van der Waals surface area contributed by atoms with E-state index in [-0.39, 0.29) is 24.8 Å². The number of hydrogen-bond donors (Lipinski definition) is 0. The van der Waals surface area contributed by atoms with Crippen molar-refractivity contribution in [1.29, 1.82) is 0 Å². The molecule has 0 N–H and O–H groups in total. The molecular weight excluding hydrogens is 587 g/mol. The van der Waals surface area contributed by atoms with Crippen molar-refractivity contribution in [3.63, 3.8) is 0 Å². The van der Waals surface area contributed by atoms with Gasteiger partial charge in [0.15, 0.2) is 0 Å². The topological polar surface area (TPSA) is 0 Å². The van der Waals surface area contributed by atoms with Crippen LogP contribution in [0.1, 0.15) is 85.0 Å². The van der Waals surface area contributed by atoms with Gasteiger partial charge in [-0.15, -0.1) is 0 Å². The zero-order valence-electron chi connectivity index (χ0n) is 23.1. The molecule has 3 aromatic carbocycles. The first-order valence-electron chi connectivity index (χ1n) is 13.3. The smallest absolute Gasteiger partial charge is 1.00 e. The van der Waals surface area contributed by atoms with Crippen molar-refractivity contribution in [2.75, 3.05) is 0 Å². The predicted octanol–water partition coefficient (Wildman–Crippen LogP) is 1.95. The van der Waals surface area contributed by atoms with E-state index in [0.717, 1.165) is 12.8 Å². The molecule has 0 amide bonds. The molecule has 2 aliphatic rings. The number of fused-ring (bicyclic) bond motifs is 2. The van der Waals surface area contributed by atoms with Crippen molar-refractivity contribution in [2.45, 2.75) is 65.8 Å². The summed E-state index contributed by atoms with van der Waals surface area (Å²) in [6, 6.07) is 21.2. The molecule has 0 aromatic heterocycles. The quantitative estimate of drug-likeness (QED) is 0.368. The summed E-state index contributed by atoms with van der Waals surface area (Å²) in [5.41, 5.74) is 17.2. The van der Waals surface area contributed by atoms with E-state index < -0.39 is 18.9 Å². The van der Waals surface area contributed by atoms with Crippen molar-refractivity contribution in [1.82, 2.24) is 0 Å². The first-order valence-corrected chi connectivity index (χ1v) is 23.8. The Morgan fingerprint density at radius 3 is 1.49 bits per heavy atom. The van der Waals surface area contributed by atoms with Crippen LogP contribution in [-0.2, 0) is 35.9 Å². The summed E-state index contributed by atoms with van der Waals surface area (Å²) in [6.45, 7) is 16.6. The van der Waals surface area contributed by atoms with E-state index in [2.05, 4.69) is 115 Å². The molecule has 0 spiro atoms. The van der Waals surface area contributed by atoms with Gasteiger partial charge in [-0.3, -0.25) is 0 Å². The fourth-order valence-electron chi connectivity index (χ4n) is 7.35. The van der Waals surface area contributed by atoms with Gasteiger partial charge in [0.05, 0.1) is 0 Å². The number of hydrogen-bond acceptors (Lipinski definition) is 0. The van der Waals surface area contributed by atoms with Crippen LogP contribution < -0.4 is 24.8 Å². The van der Waals surface area contributed by atoms with Gasteiger partial charge < -0.3 is 24.8 Å². The van der Waals surface area contributed by atoms with Crippen molar-refractivity contribution >= 4 is 19.0 Å². The first kappa shape index (κ1) is 30.4. The number of benzene rings is 3. The second-order valence-corrected chi connectivity index (χ2v) is 28.5. The van der Waals surface area contributed by atoms with Crippen LogP contribution in [0.5, 0.6) is 0 Å². The van der Waals surface area contributed by atoms with E-state index in [1.54, 1.807) is 44.5 Å². The monoisotopic (exact) mass is 623 g/mol. The normalized spacial score (nSPS) is 18.2. The Balaban J connectivity index is 0.00000190. The minimum atomic E-state index is -3.00. The summed E-state index contributed by atoms with van der Waals surface area (Å²) >= 11 is -3.00. The number of halogens is 2. The van der Waals surface area contributed by atoms with Crippen LogP contribution in [0.4, 0.5) is 0 Å². The van der Waals surface area contributed by atoms with E-state index in [0.29, 0.717) is 7.25 Å². The molecule has 2 unspecified atom stereocenters. The van der Waals surface area contributed by atoms with E-state index in [9.17, 15) is 0 Å². The summed E-state index contributed by atoms with van der Waals surface area (Å²) in [6.07, 6.45) is 7.36. The van der Waals surface area contributed by atoms with Crippen LogP contribution >= 0.6 is 0 Å². The number of rotatable bonds is 6. The molecule has 37 heavy (non-hydrogen) atoms. The number of aryl methyl sites for hydroxylation is 2. The third kappa shape index (κ3) is 5.09. The minimum Gasteiger partial charge on any atom is -1.00 e. The van der Waals surface area contributed by atoms with E-state index >= 15 is 0 Å². The molecular formula is C33H39Cl2SiZr. The SMILES string of the molecule is CCc1c(C)ccc2c1C=C(C)[CH]2[Zr+2](=[SiH2])([CH2]c1ccccc1)[CH]1C(C)=Cc2c1ccc(C)c2CC.[Cl-].[Cl-]. The zero-order valence-corrected chi connectivity index (χ0v) is 28.5. The Kier molecular flexibility index (Phi) is 9.78. The Labute approximate surface area is 242 Å². The van der Waals surface area contributed by atoms with Gasteiger partial charge in [-0.25, -0.2) is 0 Å². The molecule has 3 aromatic rings. The van der Waals surface area contributed by atoms with Crippen LogP contribution in [0.3, 0.4) is 0 Å². The summed E-state index contributed by atoms with van der Waals surface area (Å²) in [5.74, 6) is 0. The van der Waals surface area contributed by atoms with Crippen molar-refractivity contribution < 1.29 is 43.7 Å². The maximum Gasteiger partial charge on any atom is -1.00 e. The first-order chi connectivity index (χ1) is 16.8. The average Bonchev–Trinajstić information content (AvgIpc) is 3.35. The molecule has 5 rings (SSSR count). The Morgan fingerprint density at radius 1 is 0.649 bits per heavy atom. The molecule has 0 radical (unpaired) electrons. The summed E-state index contributed by atoms with van der Waals surface area (Å²) < 4.78 is 2.52. The average molecular weight is 626 g/mol. The fourth-order valence-corrected chi connectivity index (χ4v) is 28.9. The van der Waals surface area contributed by atoms with Gasteiger partial charge in [0.1, 0.15) is 0 Å². The molecule has 193 valence electrons. The molecule has 4 heteroatoms. The summed E-state index contributed by atoms with van der Waals surface area (Å²) in [5, 5.41) is 0. The Morgan fingerprint density at radius 2 is 1.08 bits per heavy atom. The summed E-state index contributed by atoms with van der Waals surface area (Å²) in [4.78, 5) is 0. The van der Waals surface area contributed by atoms with Gasteiger partial charge in [-0.2, -0.15) is 0 Å². The number of allylic oxidation sites excluding steroid dienone is 2. The van der Waals surface area contributed by atoms with Gasteiger partial charge in [0.2, 0.25) is 0 Å². The van der Waals surface area contributed by atoms with E-state index in [4.69, 9.17) is 0 Å². The summed E-state index contributed by atoms with van der Waals surface area (Å²) in [7, 11) is 0. The Hall–Kier alpha value is -1.18. The van der Waals surface area contributed by atoms with E-state index in [1.807, 2.05) is 0 Å². The second kappa shape index (κ2) is 11.9. The van der Waals surface area contributed by atoms with Crippen LogP contribution in [-0.4, -0.2) is 6.88 Å². The molecule has 0 fully saturated rings. The zero-order chi connectivity index (χ0) is 24.9. The molecule has 0 saturated carbocycles. The third-order valence-corrected chi connectivity index (χ3v) is 27.1. The maximum atomic E-state index is 2.57. The van der Waals surface area contributed by atoms with E-state index in [1.165, 1.54) is 20.8 Å². The molecule has 0 aliphatic heterocycles. The van der Waals surface area contributed by atoms with Crippen molar-refractivity contribution in [2.24, 2.45) is 0 Å².